The Hall–Kier alpha value is -2.73. The van der Waals surface area contributed by atoms with E-state index in [-0.39, 0.29) is 30.7 Å². The molecule has 0 aromatic rings. The number of nitrogens with two attached hydrogens (primary N) is 2. The molecule has 2 saturated heterocycles. The highest BCUT2D eigenvalue weighted by Crippen LogP contribution is 2.21. The Morgan fingerprint density at radius 2 is 1.73 bits per heavy atom. The molecule has 2 rings (SSSR count). The van der Waals surface area contributed by atoms with Gasteiger partial charge in [-0.3, -0.25) is 19.2 Å². The number of hydrogen-bond donors (Lipinski definition) is 6. The minimum absolute atomic E-state index is 0.136. The van der Waals surface area contributed by atoms with Gasteiger partial charge in [0.15, 0.2) is 0 Å². The summed E-state index contributed by atoms with van der Waals surface area (Å²) in [6.45, 7) is 1.55. The minimum atomic E-state index is -1.28. The predicted molar refractivity (Wildman–Crippen MR) is 119 cm³/mol. The van der Waals surface area contributed by atoms with E-state index in [1.54, 1.807) is 0 Å². The van der Waals surface area contributed by atoms with Gasteiger partial charge in [0.05, 0.1) is 6.04 Å². The number of primary amides is 1. The summed E-state index contributed by atoms with van der Waals surface area (Å²) in [6, 6.07) is -3.25. The molecule has 0 aliphatic carbocycles. The van der Waals surface area contributed by atoms with E-state index in [0.29, 0.717) is 51.6 Å². The van der Waals surface area contributed by atoms with Crippen LogP contribution in [-0.2, 0) is 24.0 Å². The first-order valence-corrected chi connectivity index (χ1v) is 11.6. The van der Waals surface area contributed by atoms with E-state index in [0.717, 1.165) is 13.0 Å². The largest absolute Gasteiger partial charge is 0.480 e. The summed E-state index contributed by atoms with van der Waals surface area (Å²) in [5.74, 6) is -3.14. The fourth-order valence-corrected chi connectivity index (χ4v) is 4.25. The number of nitrogens with one attached hydrogen (secondary N) is 3. The van der Waals surface area contributed by atoms with Gasteiger partial charge in [0.2, 0.25) is 23.6 Å². The lowest BCUT2D eigenvalue weighted by Crippen LogP contribution is -2.56. The molecule has 2 heterocycles. The molecule has 2 aliphatic rings. The molecule has 8 N–H and O–H groups in total. The smallest absolute Gasteiger partial charge is 0.326 e. The van der Waals surface area contributed by atoms with Crippen molar-refractivity contribution in [1.29, 1.82) is 0 Å². The number of carbonyl (C=O) groups is 5. The molecule has 12 heteroatoms. The molecule has 186 valence electrons. The number of amides is 4. The highest BCUT2D eigenvalue weighted by atomic mass is 16.4. The first-order valence-electron chi connectivity index (χ1n) is 11.6. The summed E-state index contributed by atoms with van der Waals surface area (Å²) < 4.78 is 0. The van der Waals surface area contributed by atoms with Crippen molar-refractivity contribution in [3.05, 3.63) is 0 Å². The normalized spacial score (nSPS) is 21.9. The van der Waals surface area contributed by atoms with E-state index >= 15 is 0 Å². The first kappa shape index (κ1) is 26.5. The second kappa shape index (κ2) is 13.1. The van der Waals surface area contributed by atoms with Crippen molar-refractivity contribution in [2.75, 3.05) is 19.6 Å². The summed E-state index contributed by atoms with van der Waals surface area (Å²) in [4.78, 5) is 62.7. The number of carbonyl (C=O) groups excluding carboxylic acids is 4. The third-order valence-electron chi connectivity index (χ3n) is 6.07. The van der Waals surface area contributed by atoms with Crippen molar-refractivity contribution in [2.24, 2.45) is 11.5 Å². The number of likely N-dealkylation sites (tertiary alicyclic amines) is 1. The molecule has 2 fully saturated rings. The van der Waals surface area contributed by atoms with Gasteiger partial charge in [-0.25, -0.2) is 4.79 Å². The number of rotatable bonds is 13. The Balaban J connectivity index is 2.06. The van der Waals surface area contributed by atoms with E-state index in [9.17, 15) is 29.1 Å². The summed E-state index contributed by atoms with van der Waals surface area (Å²) in [6.07, 6.45) is 3.97. The maximum atomic E-state index is 13.3. The summed E-state index contributed by atoms with van der Waals surface area (Å²) in [5.41, 5.74) is 10.6. The Morgan fingerprint density at radius 3 is 2.33 bits per heavy atom. The van der Waals surface area contributed by atoms with Crippen molar-refractivity contribution in [1.82, 2.24) is 20.9 Å². The van der Waals surface area contributed by atoms with Crippen LogP contribution in [-0.4, -0.2) is 83.4 Å². The third-order valence-corrected chi connectivity index (χ3v) is 6.07. The van der Waals surface area contributed by atoms with E-state index in [1.807, 2.05) is 0 Å². The van der Waals surface area contributed by atoms with Crippen LogP contribution in [0.15, 0.2) is 0 Å². The monoisotopic (exact) mass is 468 g/mol. The lowest BCUT2D eigenvalue weighted by molar-refractivity contribution is -0.145. The molecule has 0 bridgehead atoms. The summed E-state index contributed by atoms with van der Waals surface area (Å²) in [7, 11) is 0. The third kappa shape index (κ3) is 7.97. The van der Waals surface area contributed by atoms with Crippen LogP contribution >= 0.6 is 0 Å². The fourth-order valence-electron chi connectivity index (χ4n) is 4.25. The number of carboxylic acids is 1. The second-order valence-corrected chi connectivity index (χ2v) is 8.59. The Labute approximate surface area is 193 Å². The minimum Gasteiger partial charge on any atom is -0.480 e. The Morgan fingerprint density at radius 1 is 1.00 bits per heavy atom. The molecule has 33 heavy (non-hydrogen) atoms. The predicted octanol–water partition coefficient (Wildman–Crippen LogP) is -1.82. The molecule has 0 saturated carbocycles. The Bertz CT molecular complexity index is 726. The van der Waals surface area contributed by atoms with Crippen LogP contribution < -0.4 is 27.4 Å². The van der Waals surface area contributed by atoms with Gasteiger partial charge in [-0.2, -0.15) is 0 Å². The van der Waals surface area contributed by atoms with Crippen LogP contribution in [0.3, 0.4) is 0 Å². The molecular weight excluding hydrogens is 432 g/mol. The molecule has 0 aromatic carbocycles. The van der Waals surface area contributed by atoms with Crippen molar-refractivity contribution < 1.29 is 29.1 Å². The standard InChI is InChI=1S/C21H36N6O6/c22-10-2-1-5-14(25-18(29)13-6-3-11-24-13)20(31)27-12-4-7-16(27)19(30)26-15(21(32)33)8-9-17(23)28/h13-16,24H,1-12,22H2,(H2,23,28)(H,25,29)(H,26,30)(H,32,33). The van der Waals surface area contributed by atoms with Crippen LogP contribution in [0.25, 0.3) is 0 Å². The van der Waals surface area contributed by atoms with Crippen molar-refractivity contribution in [3.63, 3.8) is 0 Å². The number of carboxylic acid groups (broad SMARTS) is 1. The molecule has 2 aliphatic heterocycles. The van der Waals surface area contributed by atoms with Crippen molar-refractivity contribution >= 4 is 29.6 Å². The number of nitrogens with zero attached hydrogens (tertiary/aromatic N) is 1. The number of unbranched alkanes of at least 4 members (excludes halogenated alkanes) is 1. The molecule has 0 spiro atoms. The lowest BCUT2D eigenvalue weighted by Gasteiger charge is -2.30. The van der Waals surface area contributed by atoms with Crippen LogP contribution in [0.4, 0.5) is 0 Å². The molecule has 4 atom stereocenters. The van der Waals surface area contributed by atoms with Crippen LogP contribution in [0.1, 0.15) is 57.8 Å². The molecule has 12 nitrogen and oxygen atoms in total. The summed E-state index contributed by atoms with van der Waals surface area (Å²) >= 11 is 0. The van der Waals surface area contributed by atoms with E-state index < -0.39 is 35.9 Å². The fraction of sp³-hybridized carbons (Fsp3) is 0.762. The van der Waals surface area contributed by atoms with Gasteiger partial charge in [0, 0.05) is 13.0 Å². The quantitative estimate of drug-likeness (QED) is 0.170. The molecule has 4 amide bonds. The van der Waals surface area contributed by atoms with Gasteiger partial charge in [-0.05, 0) is 64.5 Å². The highest BCUT2D eigenvalue weighted by molar-refractivity contribution is 5.94. The lowest BCUT2D eigenvalue weighted by atomic mass is 10.1. The van der Waals surface area contributed by atoms with E-state index in [4.69, 9.17) is 11.5 Å². The maximum Gasteiger partial charge on any atom is 0.326 e. The van der Waals surface area contributed by atoms with Gasteiger partial charge in [0.1, 0.15) is 18.1 Å². The van der Waals surface area contributed by atoms with Gasteiger partial charge >= 0.3 is 5.97 Å². The van der Waals surface area contributed by atoms with E-state index in [1.165, 1.54) is 4.90 Å². The van der Waals surface area contributed by atoms with Crippen LogP contribution in [0, 0.1) is 0 Å². The number of hydrogen-bond acceptors (Lipinski definition) is 7. The molecule has 4 unspecified atom stereocenters. The summed E-state index contributed by atoms with van der Waals surface area (Å²) in [5, 5.41) is 17.7. The zero-order chi connectivity index (χ0) is 24.4. The van der Waals surface area contributed by atoms with Gasteiger partial charge in [-0.15, -0.1) is 0 Å². The van der Waals surface area contributed by atoms with E-state index in [2.05, 4.69) is 16.0 Å². The van der Waals surface area contributed by atoms with Gasteiger partial charge < -0.3 is 37.4 Å². The topological polar surface area (TPSA) is 197 Å². The van der Waals surface area contributed by atoms with Crippen molar-refractivity contribution in [3.8, 4) is 0 Å². The second-order valence-electron chi connectivity index (χ2n) is 8.59. The van der Waals surface area contributed by atoms with Gasteiger partial charge in [0.25, 0.3) is 0 Å². The molecule has 0 aromatic heterocycles. The first-order chi connectivity index (χ1) is 15.7. The molecule has 0 radical (unpaired) electrons. The van der Waals surface area contributed by atoms with Gasteiger partial charge in [-0.1, -0.05) is 0 Å². The maximum absolute atomic E-state index is 13.3. The van der Waals surface area contributed by atoms with Crippen molar-refractivity contribution in [2.45, 2.75) is 82.0 Å². The highest BCUT2D eigenvalue weighted by Gasteiger charge is 2.39. The number of aliphatic carboxylic acids is 1. The molecular formula is C21H36N6O6. The van der Waals surface area contributed by atoms with Crippen LogP contribution in [0.2, 0.25) is 0 Å². The zero-order valence-corrected chi connectivity index (χ0v) is 18.9. The average Bonchev–Trinajstić information content (AvgIpc) is 3.47. The average molecular weight is 469 g/mol. The Kier molecular flexibility index (Phi) is 10.5. The zero-order valence-electron chi connectivity index (χ0n) is 18.9. The SMILES string of the molecule is NCCCCC(NC(=O)C1CCCN1)C(=O)N1CCCC1C(=O)NC(CCC(N)=O)C(=O)O. The van der Waals surface area contributed by atoms with Crippen LogP contribution in [0.5, 0.6) is 0 Å².